The molecule has 0 unspecified atom stereocenters. The summed E-state index contributed by atoms with van der Waals surface area (Å²) in [6.45, 7) is 0.936. The van der Waals surface area contributed by atoms with Crippen LogP contribution in [-0.2, 0) is 11.3 Å². The molecule has 1 aromatic carbocycles. The van der Waals surface area contributed by atoms with Crippen molar-refractivity contribution in [3.63, 3.8) is 0 Å². The molecule has 0 saturated heterocycles. The zero-order valence-electron chi connectivity index (χ0n) is 8.90. The van der Waals surface area contributed by atoms with E-state index in [4.69, 9.17) is 16.9 Å². The number of carbonyl (C=O) groups is 1. The van der Waals surface area contributed by atoms with Crippen molar-refractivity contribution in [3.8, 4) is 6.07 Å². The quantitative estimate of drug-likeness (QED) is 0.736. The van der Waals surface area contributed by atoms with E-state index in [1.807, 2.05) is 36.4 Å². The van der Waals surface area contributed by atoms with Crippen molar-refractivity contribution in [2.24, 2.45) is 0 Å². The van der Waals surface area contributed by atoms with Crippen LogP contribution in [0.4, 0.5) is 0 Å². The lowest BCUT2D eigenvalue weighted by atomic mass is 10.2. The number of amides is 1. The first-order valence-corrected chi connectivity index (χ1v) is 5.56. The average molecular weight is 237 g/mol. The standard InChI is InChI=1S/C12H13ClN2O/c13-9-12(16)15(8-4-7-14)10-11-5-2-1-3-6-11/h1-3,5-6H,4,8-10H2. The van der Waals surface area contributed by atoms with Gasteiger partial charge in [-0.3, -0.25) is 4.79 Å². The second kappa shape index (κ2) is 6.86. The number of alkyl halides is 1. The normalized spacial score (nSPS) is 9.50. The number of hydrogen-bond donors (Lipinski definition) is 0. The molecule has 1 amide bonds. The van der Waals surface area contributed by atoms with Gasteiger partial charge in [-0.05, 0) is 5.56 Å². The SMILES string of the molecule is N#CCCN(Cc1ccccc1)C(=O)CCl. The fourth-order valence-electron chi connectivity index (χ4n) is 1.37. The molecular weight excluding hydrogens is 224 g/mol. The van der Waals surface area contributed by atoms with Crippen LogP contribution in [0.5, 0.6) is 0 Å². The molecule has 0 saturated carbocycles. The molecule has 84 valence electrons. The lowest BCUT2D eigenvalue weighted by Gasteiger charge is -2.20. The van der Waals surface area contributed by atoms with Crippen molar-refractivity contribution in [1.29, 1.82) is 5.26 Å². The molecule has 0 spiro atoms. The predicted octanol–water partition coefficient (Wildman–Crippen LogP) is 2.17. The molecule has 0 N–H and O–H groups in total. The van der Waals surface area contributed by atoms with E-state index >= 15 is 0 Å². The fourth-order valence-corrected chi connectivity index (χ4v) is 1.53. The number of rotatable bonds is 5. The fraction of sp³-hybridized carbons (Fsp3) is 0.333. The molecule has 0 aliphatic heterocycles. The van der Waals surface area contributed by atoms with E-state index in [0.29, 0.717) is 19.5 Å². The summed E-state index contributed by atoms with van der Waals surface area (Å²) in [4.78, 5) is 13.1. The van der Waals surface area contributed by atoms with Crippen LogP contribution in [0.1, 0.15) is 12.0 Å². The smallest absolute Gasteiger partial charge is 0.237 e. The molecule has 0 aromatic heterocycles. The molecule has 16 heavy (non-hydrogen) atoms. The zero-order chi connectivity index (χ0) is 11.8. The molecular formula is C12H13ClN2O. The molecule has 4 heteroatoms. The number of hydrogen-bond acceptors (Lipinski definition) is 2. The number of carbonyl (C=O) groups excluding carboxylic acids is 1. The Kier molecular flexibility index (Phi) is 5.38. The predicted molar refractivity (Wildman–Crippen MR) is 62.8 cm³/mol. The van der Waals surface area contributed by atoms with Crippen LogP contribution in [0.2, 0.25) is 0 Å². The van der Waals surface area contributed by atoms with Crippen LogP contribution in [0.3, 0.4) is 0 Å². The lowest BCUT2D eigenvalue weighted by molar-refractivity contribution is -0.129. The molecule has 0 aliphatic rings. The molecule has 3 nitrogen and oxygen atoms in total. The third-order valence-electron chi connectivity index (χ3n) is 2.18. The Hall–Kier alpha value is -1.53. The topological polar surface area (TPSA) is 44.1 Å². The molecule has 0 radical (unpaired) electrons. The maximum Gasteiger partial charge on any atom is 0.237 e. The van der Waals surface area contributed by atoms with Gasteiger partial charge in [-0.2, -0.15) is 5.26 Å². The van der Waals surface area contributed by atoms with Gasteiger partial charge < -0.3 is 4.90 Å². The first-order chi connectivity index (χ1) is 7.77. The van der Waals surface area contributed by atoms with Crippen molar-refractivity contribution in [2.75, 3.05) is 12.4 Å². The van der Waals surface area contributed by atoms with Gasteiger partial charge in [-0.25, -0.2) is 0 Å². The maximum absolute atomic E-state index is 11.5. The van der Waals surface area contributed by atoms with Crippen LogP contribution in [0, 0.1) is 11.3 Å². The first-order valence-electron chi connectivity index (χ1n) is 5.02. The van der Waals surface area contributed by atoms with E-state index in [-0.39, 0.29) is 11.8 Å². The summed E-state index contributed by atoms with van der Waals surface area (Å²) in [6, 6.07) is 11.7. The molecule has 0 aliphatic carbocycles. The van der Waals surface area contributed by atoms with Gasteiger partial charge >= 0.3 is 0 Å². The highest BCUT2D eigenvalue weighted by molar-refractivity contribution is 6.27. The summed E-state index contributed by atoms with van der Waals surface area (Å²) < 4.78 is 0. The minimum Gasteiger partial charge on any atom is -0.336 e. The van der Waals surface area contributed by atoms with Crippen LogP contribution in [0.15, 0.2) is 30.3 Å². The second-order valence-electron chi connectivity index (χ2n) is 3.34. The van der Waals surface area contributed by atoms with Crippen LogP contribution in [0.25, 0.3) is 0 Å². The molecule has 0 bridgehead atoms. The van der Waals surface area contributed by atoms with Gasteiger partial charge in [0.15, 0.2) is 0 Å². The van der Waals surface area contributed by atoms with Crippen LogP contribution in [-0.4, -0.2) is 23.2 Å². The van der Waals surface area contributed by atoms with E-state index in [2.05, 4.69) is 0 Å². The van der Waals surface area contributed by atoms with E-state index in [9.17, 15) is 4.79 Å². The van der Waals surface area contributed by atoms with Gasteiger partial charge in [0, 0.05) is 13.1 Å². The first kappa shape index (κ1) is 12.5. The third kappa shape index (κ3) is 3.92. The monoisotopic (exact) mass is 236 g/mol. The summed E-state index contributed by atoms with van der Waals surface area (Å²) in [6.07, 6.45) is 0.329. The van der Waals surface area contributed by atoms with E-state index < -0.39 is 0 Å². The summed E-state index contributed by atoms with van der Waals surface area (Å²) in [7, 11) is 0. The van der Waals surface area contributed by atoms with Crippen molar-refractivity contribution in [2.45, 2.75) is 13.0 Å². The van der Waals surface area contributed by atoms with E-state index in [0.717, 1.165) is 5.56 Å². The van der Waals surface area contributed by atoms with Crippen molar-refractivity contribution >= 4 is 17.5 Å². The van der Waals surface area contributed by atoms with Gasteiger partial charge in [0.1, 0.15) is 5.88 Å². The highest BCUT2D eigenvalue weighted by Gasteiger charge is 2.11. The Bertz CT molecular complexity index is 372. The number of halogens is 1. The lowest BCUT2D eigenvalue weighted by Crippen LogP contribution is -2.32. The molecule has 0 atom stereocenters. The average Bonchev–Trinajstić information content (AvgIpc) is 2.34. The zero-order valence-corrected chi connectivity index (χ0v) is 9.65. The number of benzene rings is 1. The third-order valence-corrected chi connectivity index (χ3v) is 2.41. The Balaban J connectivity index is 2.64. The van der Waals surface area contributed by atoms with Crippen molar-refractivity contribution in [3.05, 3.63) is 35.9 Å². The Morgan fingerprint density at radius 1 is 1.38 bits per heavy atom. The molecule has 0 fully saturated rings. The summed E-state index contributed by atoms with van der Waals surface area (Å²) in [5, 5.41) is 8.51. The number of nitriles is 1. The molecule has 1 rings (SSSR count). The summed E-state index contributed by atoms with van der Waals surface area (Å²) in [5.41, 5.74) is 1.04. The Morgan fingerprint density at radius 2 is 2.06 bits per heavy atom. The second-order valence-corrected chi connectivity index (χ2v) is 3.61. The minimum atomic E-state index is -0.138. The van der Waals surface area contributed by atoms with Crippen LogP contribution < -0.4 is 0 Å². The Morgan fingerprint density at radius 3 is 2.62 bits per heavy atom. The van der Waals surface area contributed by atoms with Gasteiger partial charge in [-0.15, -0.1) is 11.6 Å². The van der Waals surface area contributed by atoms with E-state index in [1.54, 1.807) is 4.90 Å². The summed E-state index contributed by atoms with van der Waals surface area (Å²) >= 11 is 5.52. The van der Waals surface area contributed by atoms with E-state index in [1.165, 1.54) is 0 Å². The van der Waals surface area contributed by atoms with Gasteiger partial charge in [0.05, 0.1) is 12.5 Å². The van der Waals surface area contributed by atoms with Gasteiger partial charge in [0.25, 0.3) is 0 Å². The highest BCUT2D eigenvalue weighted by Crippen LogP contribution is 2.06. The van der Waals surface area contributed by atoms with Crippen molar-refractivity contribution in [1.82, 2.24) is 4.90 Å². The Labute approximate surface area is 100 Å². The van der Waals surface area contributed by atoms with Crippen molar-refractivity contribution < 1.29 is 4.79 Å². The molecule has 0 heterocycles. The maximum atomic E-state index is 11.5. The van der Waals surface area contributed by atoms with Gasteiger partial charge in [0.2, 0.25) is 5.91 Å². The highest BCUT2D eigenvalue weighted by atomic mass is 35.5. The summed E-state index contributed by atoms with van der Waals surface area (Å²) in [5.74, 6) is -0.182. The van der Waals surface area contributed by atoms with Gasteiger partial charge in [-0.1, -0.05) is 30.3 Å². The minimum absolute atomic E-state index is 0.0434. The molecule has 1 aromatic rings. The van der Waals surface area contributed by atoms with Crippen LogP contribution >= 0.6 is 11.6 Å². The number of nitrogens with zero attached hydrogens (tertiary/aromatic N) is 2. The largest absolute Gasteiger partial charge is 0.336 e.